The van der Waals surface area contributed by atoms with Gasteiger partial charge in [0, 0.05) is 49.2 Å². The number of methoxy groups -OCH3 is 3. The maximum atomic E-state index is 13.5. The number of anilines is 1. The largest absolute Gasteiger partial charge is 0.493 e. The molecule has 9 heteroatoms. The molecule has 0 unspecified atom stereocenters. The first-order chi connectivity index (χ1) is 17.1. The number of rotatable bonds is 7. The van der Waals surface area contributed by atoms with Crippen LogP contribution in [-0.2, 0) is 6.54 Å². The van der Waals surface area contributed by atoms with E-state index in [0.717, 1.165) is 65.4 Å². The van der Waals surface area contributed by atoms with Gasteiger partial charge in [-0.1, -0.05) is 18.2 Å². The first kappa shape index (κ1) is 23.3. The van der Waals surface area contributed by atoms with Crippen LogP contribution in [0.1, 0.15) is 5.56 Å². The summed E-state index contributed by atoms with van der Waals surface area (Å²) in [7, 11) is 4.89. The lowest BCUT2D eigenvalue weighted by molar-refractivity contribution is 0.243. The third-order valence-electron chi connectivity index (χ3n) is 6.36. The van der Waals surface area contributed by atoms with Gasteiger partial charge in [-0.05, 0) is 23.8 Å². The van der Waals surface area contributed by atoms with E-state index in [4.69, 9.17) is 14.2 Å². The predicted octanol–water partition coefficient (Wildman–Crippen LogP) is 4.85. The molecule has 0 saturated carbocycles. The molecule has 0 N–H and O–H groups in total. The minimum atomic E-state index is -0.244. The van der Waals surface area contributed by atoms with Gasteiger partial charge < -0.3 is 19.1 Å². The average Bonchev–Trinajstić information content (AvgIpc) is 3.33. The van der Waals surface area contributed by atoms with Gasteiger partial charge in [0.15, 0.2) is 11.5 Å². The predicted molar refractivity (Wildman–Crippen MR) is 136 cm³/mol. The lowest BCUT2D eigenvalue weighted by Crippen LogP contribution is -2.46. The molecule has 182 valence electrons. The van der Waals surface area contributed by atoms with Crippen LogP contribution >= 0.6 is 11.3 Å². The fourth-order valence-corrected chi connectivity index (χ4v) is 5.50. The number of hydrogen-bond acceptors (Lipinski definition) is 8. The van der Waals surface area contributed by atoms with Crippen LogP contribution < -0.4 is 19.1 Å². The quantitative estimate of drug-likeness (QED) is 0.364. The summed E-state index contributed by atoms with van der Waals surface area (Å²) in [5, 5.41) is 3.11. The van der Waals surface area contributed by atoms with Crippen LogP contribution in [0.4, 0.5) is 10.2 Å². The first-order valence-corrected chi connectivity index (χ1v) is 12.2. The van der Waals surface area contributed by atoms with E-state index in [-0.39, 0.29) is 5.82 Å². The second kappa shape index (κ2) is 10.1. The molecule has 0 spiro atoms. The Kier molecular flexibility index (Phi) is 6.70. The van der Waals surface area contributed by atoms with Crippen LogP contribution in [0.25, 0.3) is 21.3 Å². The number of ether oxygens (including phenoxy) is 3. The van der Waals surface area contributed by atoms with Crippen LogP contribution in [0.5, 0.6) is 17.2 Å². The second-order valence-electron chi connectivity index (χ2n) is 8.29. The summed E-state index contributed by atoms with van der Waals surface area (Å²) in [6.07, 6.45) is 1.63. The number of halogens is 1. The molecule has 7 nitrogen and oxygen atoms in total. The van der Waals surface area contributed by atoms with Crippen molar-refractivity contribution in [2.24, 2.45) is 0 Å². The maximum Gasteiger partial charge on any atom is 0.203 e. The van der Waals surface area contributed by atoms with Crippen LogP contribution in [0.15, 0.2) is 48.1 Å². The molecule has 0 amide bonds. The standard InChI is InChI=1S/C26H27FN4O3S/c1-32-21-9-6-18(23(33-2)24(21)34-3)14-30-10-12-31(13-11-30)25-22-20(15-35-26(22)29-16-28-25)17-4-7-19(27)8-5-17/h4-9,15-16H,10-14H2,1-3H3. The fraction of sp³-hybridized carbons (Fsp3) is 0.308. The number of piperazine rings is 1. The van der Waals surface area contributed by atoms with Crippen molar-refractivity contribution in [2.45, 2.75) is 6.54 Å². The lowest BCUT2D eigenvalue weighted by Gasteiger charge is -2.36. The number of hydrogen-bond donors (Lipinski definition) is 0. The molecule has 0 aliphatic carbocycles. The van der Waals surface area contributed by atoms with Crippen molar-refractivity contribution in [1.82, 2.24) is 14.9 Å². The van der Waals surface area contributed by atoms with Gasteiger partial charge in [0.2, 0.25) is 5.75 Å². The SMILES string of the molecule is COc1ccc(CN2CCN(c3ncnc4scc(-c5ccc(F)cc5)c34)CC2)c(OC)c1OC. The molecule has 0 radical (unpaired) electrons. The highest BCUT2D eigenvalue weighted by Gasteiger charge is 2.24. The van der Waals surface area contributed by atoms with Gasteiger partial charge in [0.25, 0.3) is 0 Å². The van der Waals surface area contributed by atoms with E-state index in [1.807, 2.05) is 24.3 Å². The molecule has 35 heavy (non-hydrogen) atoms. The molecule has 0 atom stereocenters. The van der Waals surface area contributed by atoms with Crippen LogP contribution in [0.2, 0.25) is 0 Å². The third kappa shape index (κ3) is 4.49. The molecule has 5 rings (SSSR count). The summed E-state index contributed by atoms with van der Waals surface area (Å²) >= 11 is 1.59. The minimum Gasteiger partial charge on any atom is -0.493 e. The summed E-state index contributed by atoms with van der Waals surface area (Å²) in [6.45, 7) is 4.16. The number of aromatic nitrogens is 2. The van der Waals surface area contributed by atoms with Crippen molar-refractivity contribution in [3.8, 4) is 28.4 Å². The molecule has 3 heterocycles. The van der Waals surface area contributed by atoms with E-state index < -0.39 is 0 Å². The molecule has 1 saturated heterocycles. The lowest BCUT2D eigenvalue weighted by atomic mass is 10.1. The van der Waals surface area contributed by atoms with E-state index in [0.29, 0.717) is 17.2 Å². The molecule has 2 aromatic carbocycles. The molecule has 2 aromatic heterocycles. The second-order valence-corrected chi connectivity index (χ2v) is 9.15. The van der Waals surface area contributed by atoms with E-state index in [2.05, 4.69) is 25.1 Å². The first-order valence-electron chi connectivity index (χ1n) is 11.4. The zero-order chi connectivity index (χ0) is 24.4. The van der Waals surface area contributed by atoms with Crippen LogP contribution in [0.3, 0.4) is 0 Å². The average molecular weight is 495 g/mol. The summed E-state index contributed by atoms with van der Waals surface area (Å²) in [6, 6.07) is 10.5. The Labute approximate surface area is 207 Å². The van der Waals surface area contributed by atoms with E-state index in [1.54, 1.807) is 39.0 Å². The summed E-state index contributed by atoms with van der Waals surface area (Å²) in [4.78, 5) is 14.8. The zero-order valence-electron chi connectivity index (χ0n) is 20.0. The van der Waals surface area contributed by atoms with E-state index in [1.165, 1.54) is 12.1 Å². The third-order valence-corrected chi connectivity index (χ3v) is 7.24. The zero-order valence-corrected chi connectivity index (χ0v) is 20.8. The van der Waals surface area contributed by atoms with Crippen molar-refractivity contribution < 1.29 is 18.6 Å². The maximum absolute atomic E-state index is 13.5. The highest BCUT2D eigenvalue weighted by molar-refractivity contribution is 7.17. The van der Waals surface area contributed by atoms with E-state index in [9.17, 15) is 4.39 Å². The monoisotopic (exact) mass is 494 g/mol. The van der Waals surface area contributed by atoms with E-state index >= 15 is 0 Å². The van der Waals surface area contributed by atoms with Gasteiger partial charge >= 0.3 is 0 Å². The van der Waals surface area contributed by atoms with Crippen molar-refractivity contribution in [2.75, 3.05) is 52.4 Å². The number of thiophene rings is 1. The molecule has 4 aromatic rings. The Morgan fingerprint density at radius 3 is 2.31 bits per heavy atom. The fourth-order valence-electron chi connectivity index (χ4n) is 4.59. The number of nitrogens with zero attached hydrogens (tertiary/aromatic N) is 4. The van der Waals surface area contributed by atoms with Gasteiger partial charge in [-0.15, -0.1) is 11.3 Å². The Morgan fingerprint density at radius 2 is 1.63 bits per heavy atom. The Morgan fingerprint density at radius 1 is 0.886 bits per heavy atom. The van der Waals surface area contributed by atoms with Gasteiger partial charge in [-0.3, -0.25) is 4.90 Å². The number of benzene rings is 2. The van der Waals surface area contributed by atoms with Crippen molar-refractivity contribution in [3.63, 3.8) is 0 Å². The Balaban J connectivity index is 1.36. The highest BCUT2D eigenvalue weighted by Crippen LogP contribution is 2.41. The summed E-state index contributed by atoms with van der Waals surface area (Å²) in [5.74, 6) is 2.65. The van der Waals surface area contributed by atoms with Gasteiger partial charge in [0.05, 0.1) is 26.7 Å². The molecule has 1 fully saturated rings. The Bertz CT molecular complexity index is 1320. The van der Waals surface area contributed by atoms with Crippen molar-refractivity contribution in [3.05, 3.63) is 59.5 Å². The topological polar surface area (TPSA) is 60.0 Å². The minimum absolute atomic E-state index is 0.244. The molecule has 1 aliphatic heterocycles. The Hall–Kier alpha value is -3.43. The molecule has 0 bridgehead atoms. The van der Waals surface area contributed by atoms with Gasteiger partial charge in [-0.2, -0.15) is 0 Å². The smallest absolute Gasteiger partial charge is 0.203 e. The van der Waals surface area contributed by atoms with Crippen LogP contribution in [-0.4, -0.2) is 62.4 Å². The molecule has 1 aliphatic rings. The summed E-state index contributed by atoms with van der Waals surface area (Å²) in [5.41, 5.74) is 3.06. The van der Waals surface area contributed by atoms with Crippen molar-refractivity contribution >= 4 is 27.4 Å². The summed E-state index contributed by atoms with van der Waals surface area (Å²) < 4.78 is 30.1. The van der Waals surface area contributed by atoms with Gasteiger partial charge in [-0.25, -0.2) is 14.4 Å². The number of fused-ring (bicyclic) bond motifs is 1. The highest BCUT2D eigenvalue weighted by atomic mass is 32.1. The van der Waals surface area contributed by atoms with Gasteiger partial charge in [0.1, 0.15) is 22.8 Å². The normalized spacial score (nSPS) is 14.3. The molecular formula is C26H27FN4O3S. The van der Waals surface area contributed by atoms with Crippen LogP contribution in [0, 0.1) is 5.82 Å². The molecular weight excluding hydrogens is 467 g/mol. The van der Waals surface area contributed by atoms with Crippen molar-refractivity contribution in [1.29, 1.82) is 0 Å².